The summed E-state index contributed by atoms with van der Waals surface area (Å²) in [5.74, 6) is -1.52. The van der Waals surface area contributed by atoms with E-state index in [1.807, 2.05) is 0 Å². The van der Waals surface area contributed by atoms with Crippen molar-refractivity contribution in [2.45, 2.75) is 19.1 Å². The SMILES string of the molecule is COc1ccc(CC(=O)NCc2ccc(NC(=O)C(F)(F)F)cc2)cc1. The maximum Gasteiger partial charge on any atom is 0.471 e. The van der Waals surface area contributed by atoms with E-state index in [1.54, 1.807) is 36.7 Å². The molecule has 2 aromatic carbocycles. The average Bonchev–Trinajstić information content (AvgIpc) is 2.61. The monoisotopic (exact) mass is 366 g/mol. The first-order chi connectivity index (χ1) is 12.3. The van der Waals surface area contributed by atoms with E-state index >= 15 is 0 Å². The first kappa shape index (κ1) is 19.3. The third kappa shape index (κ3) is 5.80. The second kappa shape index (κ2) is 8.37. The summed E-state index contributed by atoms with van der Waals surface area (Å²) in [6.07, 6.45) is -4.74. The summed E-state index contributed by atoms with van der Waals surface area (Å²) in [6.45, 7) is 0.225. The van der Waals surface area contributed by atoms with Gasteiger partial charge in [-0.1, -0.05) is 24.3 Å². The Bertz CT molecular complexity index is 757. The van der Waals surface area contributed by atoms with Crippen molar-refractivity contribution < 1.29 is 27.5 Å². The van der Waals surface area contributed by atoms with Crippen LogP contribution in [0.2, 0.25) is 0 Å². The van der Waals surface area contributed by atoms with Gasteiger partial charge in [0, 0.05) is 12.2 Å². The molecule has 0 spiro atoms. The Kier molecular flexibility index (Phi) is 6.21. The molecule has 2 rings (SSSR count). The van der Waals surface area contributed by atoms with Crippen LogP contribution in [0.15, 0.2) is 48.5 Å². The van der Waals surface area contributed by atoms with Crippen LogP contribution in [-0.4, -0.2) is 25.1 Å². The first-order valence-corrected chi connectivity index (χ1v) is 7.64. The summed E-state index contributed by atoms with van der Waals surface area (Å²) >= 11 is 0. The van der Waals surface area contributed by atoms with Crippen molar-refractivity contribution >= 4 is 17.5 Å². The number of alkyl halides is 3. The van der Waals surface area contributed by atoms with Crippen molar-refractivity contribution in [3.63, 3.8) is 0 Å². The van der Waals surface area contributed by atoms with E-state index in [-0.39, 0.29) is 24.6 Å². The fourth-order valence-corrected chi connectivity index (χ4v) is 2.10. The fraction of sp³-hybridized carbons (Fsp3) is 0.222. The Labute approximate surface area is 148 Å². The van der Waals surface area contributed by atoms with E-state index in [1.165, 1.54) is 24.3 Å². The maximum absolute atomic E-state index is 12.2. The average molecular weight is 366 g/mol. The second-order valence-electron chi connectivity index (χ2n) is 5.45. The van der Waals surface area contributed by atoms with Gasteiger partial charge in [-0.3, -0.25) is 9.59 Å². The molecule has 0 aliphatic heterocycles. The molecule has 2 N–H and O–H groups in total. The summed E-state index contributed by atoms with van der Waals surface area (Å²) in [5, 5.41) is 4.48. The third-order valence-electron chi connectivity index (χ3n) is 3.48. The van der Waals surface area contributed by atoms with Crippen LogP contribution in [-0.2, 0) is 22.6 Å². The zero-order chi connectivity index (χ0) is 19.2. The molecule has 0 aliphatic carbocycles. The number of benzene rings is 2. The molecule has 0 fully saturated rings. The Morgan fingerprint density at radius 3 is 2.08 bits per heavy atom. The lowest BCUT2D eigenvalue weighted by atomic mass is 10.1. The lowest BCUT2D eigenvalue weighted by molar-refractivity contribution is -0.167. The summed E-state index contributed by atoms with van der Waals surface area (Å²) in [6, 6.07) is 12.8. The molecule has 2 aromatic rings. The Morgan fingerprint density at radius 2 is 1.54 bits per heavy atom. The van der Waals surface area contributed by atoms with E-state index in [4.69, 9.17) is 4.74 Å². The standard InChI is InChI=1S/C18H17F3N2O3/c1-26-15-8-4-12(5-9-15)10-16(24)22-11-13-2-6-14(7-3-13)23-17(25)18(19,20)21/h2-9H,10-11H2,1H3,(H,22,24)(H,23,25). The zero-order valence-corrected chi connectivity index (χ0v) is 13.9. The number of ether oxygens (including phenoxy) is 1. The number of carbonyl (C=O) groups excluding carboxylic acids is 2. The Morgan fingerprint density at radius 1 is 0.962 bits per heavy atom. The molecule has 0 unspecified atom stereocenters. The van der Waals surface area contributed by atoms with Crippen LogP contribution in [0, 0.1) is 0 Å². The predicted molar refractivity (Wildman–Crippen MR) is 89.7 cm³/mol. The lowest BCUT2D eigenvalue weighted by Gasteiger charge is -2.09. The van der Waals surface area contributed by atoms with E-state index < -0.39 is 12.1 Å². The summed E-state index contributed by atoms with van der Waals surface area (Å²) in [5.41, 5.74) is 1.55. The number of hydrogen-bond donors (Lipinski definition) is 2. The molecule has 0 bridgehead atoms. The Hall–Kier alpha value is -3.03. The van der Waals surface area contributed by atoms with Crippen LogP contribution in [0.1, 0.15) is 11.1 Å². The van der Waals surface area contributed by atoms with Crippen LogP contribution >= 0.6 is 0 Å². The molecule has 8 heteroatoms. The quantitative estimate of drug-likeness (QED) is 0.826. The number of amides is 2. The molecule has 0 radical (unpaired) electrons. The molecule has 0 saturated heterocycles. The minimum Gasteiger partial charge on any atom is -0.497 e. The van der Waals surface area contributed by atoms with Gasteiger partial charge in [-0.15, -0.1) is 0 Å². The number of carbonyl (C=O) groups is 2. The summed E-state index contributed by atoms with van der Waals surface area (Å²) in [7, 11) is 1.56. The van der Waals surface area contributed by atoms with Crippen molar-refractivity contribution in [2.24, 2.45) is 0 Å². The highest BCUT2D eigenvalue weighted by molar-refractivity contribution is 5.94. The van der Waals surface area contributed by atoms with Crippen LogP contribution in [0.5, 0.6) is 5.75 Å². The third-order valence-corrected chi connectivity index (χ3v) is 3.48. The van der Waals surface area contributed by atoms with Crippen LogP contribution in [0.25, 0.3) is 0 Å². The largest absolute Gasteiger partial charge is 0.497 e. The highest BCUT2D eigenvalue weighted by Crippen LogP contribution is 2.18. The van der Waals surface area contributed by atoms with Crippen molar-refractivity contribution in [3.8, 4) is 5.75 Å². The van der Waals surface area contributed by atoms with Crippen LogP contribution in [0.4, 0.5) is 18.9 Å². The molecule has 0 heterocycles. The van der Waals surface area contributed by atoms with Crippen LogP contribution < -0.4 is 15.4 Å². The predicted octanol–water partition coefficient (Wildman–Crippen LogP) is 3.05. The normalized spacial score (nSPS) is 10.9. The molecule has 138 valence electrons. The molecule has 0 aliphatic rings. The number of hydrogen-bond acceptors (Lipinski definition) is 3. The molecule has 26 heavy (non-hydrogen) atoms. The van der Waals surface area contributed by atoms with Gasteiger partial charge in [-0.2, -0.15) is 13.2 Å². The van der Waals surface area contributed by atoms with E-state index in [9.17, 15) is 22.8 Å². The van der Waals surface area contributed by atoms with Gasteiger partial charge in [0.2, 0.25) is 5.91 Å². The number of anilines is 1. The number of halogens is 3. The molecule has 0 aromatic heterocycles. The van der Waals surface area contributed by atoms with E-state index in [0.717, 1.165) is 5.56 Å². The minimum atomic E-state index is -4.94. The molecule has 0 atom stereocenters. The van der Waals surface area contributed by atoms with Gasteiger partial charge in [0.1, 0.15) is 5.75 Å². The van der Waals surface area contributed by atoms with E-state index in [2.05, 4.69) is 5.32 Å². The lowest BCUT2D eigenvalue weighted by Crippen LogP contribution is -2.29. The Balaban J connectivity index is 1.83. The van der Waals surface area contributed by atoms with Crippen molar-refractivity contribution in [1.29, 1.82) is 0 Å². The molecular weight excluding hydrogens is 349 g/mol. The number of rotatable bonds is 6. The van der Waals surface area contributed by atoms with Crippen molar-refractivity contribution in [2.75, 3.05) is 12.4 Å². The second-order valence-corrected chi connectivity index (χ2v) is 5.45. The van der Waals surface area contributed by atoms with Crippen molar-refractivity contribution in [1.82, 2.24) is 5.32 Å². The smallest absolute Gasteiger partial charge is 0.471 e. The summed E-state index contributed by atoms with van der Waals surface area (Å²) < 4.78 is 41.6. The van der Waals surface area contributed by atoms with Gasteiger partial charge in [-0.25, -0.2) is 0 Å². The molecule has 0 saturated carbocycles. The van der Waals surface area contributed by atoms with Crippen molar-refractivity contribution in [3.05, 3.63) is 59.7 Å². The molecule has 2 amide bonds. The van der Waals surface area contributed by atoms with Gasteiger partial charge in [-0.05, 0) is 35.4 Å². The van der Waals surface area contributed by atoms with Crippen LogP contribution in [0.3, 0.4) is 0 Å². The van der Waals surface area contributed by atoms with Gasteiger partial charge < -0.3 is 15.4 Å². The number of nitrogens with one attached hydrogen (secondary N) is 2. The number of methoxy groups -OCH3 is 1. The maximum atomic E-state index is 12.2. The highest BCUT2D eigenvalue weighted by atomic mass is 19.4. The molecular formula is C18H17F3N2O3. The van der Waals surface area contributed by atoms with Gasteiger partial charge in [0.15, 0.2) is 0 Å². The van der Waals surface area contributed by atoms with Gasteiger partial charge >= 0.3 is 12.1 Å². The topological polar surface area (TPSA) is 67.4 Å². The highest BCUT2D eigenvalue weighted by Gasteiger charge is 2.38. The fourth-order valence-electron chi connectivity index (χ4n) is 2.10. The minimum absolute atomic E-state index is 0.0284. The molecule has 5 nitrogen and oxygen atoms in total. The van der Waals surface area contributed by atoms with Gasteiger partial charge in [0.05, 0.1) is 13.5 Å². The van der Waals surface area contributed by atoms with E-state index in [0.29, 0.717) is 11.3 Å². The van der Waals surface area contributed by atoms with Gasteiger partial charge in [0.25, 0.3) is 0 Å². The first-order valence-electron chi connectivity index (χ1n) is 7.64. The zero-order valence-electron chi connectivity index (χ0n) is 13.9. The summed E-state index contributed by atoms with van der Waals surface area (Å²) in [4.78, 5) is 22.8.